The van der Waals surface area contributed by atoms with Crippen LogP contribution in [0.4, 0.5) is 4.39 Å². The van der Waals surface area contributed by atoms with E-state index in [-0.39, 0.29) is 23.9 Å². The molecule has 1 fully saturated rings. The molecule has 0 unspecified atom stereocenters. The topological polar surface area (TPSA) is 38.3 Å². The molecule has 1 N–H and O–H groups in total. The Kier molecular flexibility index (Phi) is 5.38. The standard InChI is InChI=1S/C15H19ClFNO2/c1-20-9-10-4-2-7-14(10)18-15(19)8-11-12(16)5-3-6-13(11)17/h3,5-6,10,14H,2,4,7-9H2,1H3,(H,18,19)/t10-,14-/m1/s1. The second-order valence-electron chi connectivity index (χ2n) is 5.20. The average molecular weight is 300 g/mol. The van der Waals surface area contributed by atoms with Crippen molar-refractivity contribution in [1.29, 1.82) is 0 Å². The van der Waals surface area contributed by atoms with Crippen LogP contribution in [0.3, 0.4) is 0 Å². The fraction of sp³-hybridized carbons (Fsp3) is 0.533. The van der Waals surface area contributed by atoms with Crippen LogP contribution in [-0.4, -0.2) is 25.7 Å². The lowest BCUT2D eigenvalue weighted by Crippen LogP contribution is -2.39. The Morgan fingerprint density at radius 2 is 2.30 bits per heavy atom. The van der Waals surface area contributed by atoms with E-state index in [2.05, 4.69) is 5.32 Å². The molecule has 1 aromatic carbocycles. The van der Waals surface area contributed by atoms with Crippen molar-refractivity contribution in [3.63, 3.8) is 0 Å². The van der Waals surface area contributed by atoms with Gasteiger partial charge in [0, 0.05) is 29.7 Å². The molecule has 0 radical (unpaired) electrons. The molecule has 2 rings (SSSR count). The quantitative estimate of drug-likeness (QED) is 0.908. The van der Waals surface area contributed by atoms with Crippen LogP contribution in [0.15, 0.2) is 18.2 Å². The third kappa shape index (κ3) is 3.70. The lowest BCUT2D eigenvalue weighted by Gasteiger charge is -2.20. The summed E-state index contributed by atoms with van der Waals surface area (Å²) in [4.78, 5) is 12.0. The molecule has 0 bridgehead atoms. The number of methoxy groups -OCH3 is 1. The molecule has 20 heavy (non-hydrogen) atoms. The number of amides is 1. The summed E-state index contributed by atoms with van der Waals surface area (Å²) in [6.07, 6.45) is 3.06. The van der Waals surface area contributed by atoms with E-state index in [4.69, 9.17) is 16.3 Å². The van der Waals surface area contributed by atoms with Gasteiger partial charge in [0.05, 0.1) is 13.0 Å². The summed E-state index contributed by atoms with van der Waals surface area (Å²) >= 11 is 5.93. The molecule has 1 saturated carbocycles. The van der Waals surface area contributed by atoms with Crippen molar-refractivity contribution < 1.29 is 13.9 Å². The normalized spacial score (nSPS) is 21.9. The predicted octanol–water partition coefficient (Wildman–Crippen LogP) is 2.95. The van der Waals surface area contributed by atoms with E-state index in [0.717, 1.165) is 19.3 Å². The summed E-state index contributed by atoms with van der Waals surface area (Å²) < 4.78 is 18.8. The minimum atomic E-state index is -0.437. The maximum absolute atomic E-state index is 13.6. The third-order valence-corrected chi connectivity index (χ3v) is 4.14. The van der Waals surface area contributed by atoms with E-state index >= 15 is 0 Å². The molecular formula is C15H19ClFNO2. The van der Waals surface area contributed by atoms with E-state index in [1.165, 1.54) is 12.1 Å². The largest absolute Gasteiger partial charge is 0.384 e. The van der Waals surface area contributed by atoms with Gasteiger partial charge < -0.3 is 10.1 Å². The van der Waals surface area contributed by atoms with Crippen molar-refractivity contribution in [2.24, 2.45) is 5.92 Å². The Balaban J connectivity index is 1.95. The Labute approximate surface area is 123 Å². The fourth-order valence-corrected chi connectivity index (χ4v) is 2.99. The first-order valence-corrected chi connectivity index (χ1v) is 7.20. The van der Waals surface area contributed by atoms with Gasteiger partial charge in [0.2, 0.25) is 5.91 Å². The number of carbonyl (C=O) groups is 1. The zero-order chi connectivity index (χ0) is 14.5. The van der Waals surface area contributed by atoms with E-state index in [1.54, 1.807) is 13.2 Å². The lowest BCUT2D eigenvalue weighted by molar-refractivity contribution is -0.121. The monoisotopic (exact) mass is 299 g/mol. The van der Waals surface area contributed by atoms with E-state index in [1.807, 2.05) is 0 Å². The summed E-state index contributed by atoms with van der Waals surface area (Å²) in [5.41, 5.74) is 0.257. The zero-order valence-corrected chi connectivity index (χ0v) is 12.3. The molecule has 110 valence electrons. The van der Waals surface area contributed by atoms with Crippen LogP contribution in [0.1, 0.15) is 24.8 Å². The number of benzene rings is 1. The molecular weight excluding hydrogens is 281 g/mol. The number of rotatable bonds is 5. The number of hydrogen-bond donors (Lipinski definition) is 1. The molecule has 0 aliphatic heterocycles. The van der Waals surface area contributed by atoms with Crippen molar-refractivity contribution in [3.8, 4) is 0 Å². The molecule has 0 heterocycles. The highest BCUT2D eigenvalue weighted by Gasteiger charge is 2.28. The van der Waals surface area contributed by atoms with E-state index < -0.39 is 5.82 Å². The maximum Gasteiger partial charge on any atom is 0.224 e. The maximum atomic E-state index is 13.6. The van der Waals surface area contributed by atoms with Gasteiger partial charge in [-0.1, -0.05) is 24.1 Å². The van der Waals surface area contributed by atoms with Gasteiger partial charge in [-0.3, -0.25) is 4.79 Å². The van der Waals surface area contributed by atoms with Crippen LogP contribution in [-0.2, 0) is 16.0 Å². The summed E-state index contributed by atoms with van der Waals surface area (Å²) in [5, 5.41) is 3.26. The fourth-order valence-electron chi connectivity index (χ4n) is 2.76. The molecule has 1 aliphatic carbocycles. The molecule has 2 atom stereocenters. The van der Waals surface area contributed by atoms with Gasteiger partial charge in [0.15, 0.2) is 0 Å². The van der Waals surface area contributed by atoms with Gasteiger partial charge in [0.1, 0.15) is 5.82 Å². The first-order chi connectivity index (χ1) is 9.61. The second kappa shape index (κ2) is 7.04. The van der Waals surface area contributed by atoms with Crippen molar-refractivity contribution in [3.05, 3.63) is 34.6 Å². The van der Waals surface area contributed by atoms with Crippen molar-refractivity contribution >= 4 is 17.5 Å². The van der Waals surface area contributed by atoms with Gasteiger partial charge in [0.25, 0.3) is 0 Å². The molecule has 3 nitrogen and oxygen atoms in total. The van der Waals surface area contributed by atoms with Crippen LogP contribution in [0.5, 0.6) is 0 Å². The first kappa shape index (κ1) is 15.3. The third-order valence-electron chi connectivity index (χ3n) is 3.79. The molecule has 1 aliphatic rings. The Morgan fingerprint density at radius 3 is 3.00 bits per heavy atom. The summed E-state index contributed by atoms with van der Waals surface area (Å²) in [6.45, 7) is 0.644. The van der Waals surface area contributed by atoms with Crippen LogP contribution in [0.25, 0.3) is 0 Å². The van der Waals surface area contributed by atoms with Crippen molar-refractivity contribution in [2.45, 2.75) is 31.7 Å². The summed E-state index contributed by atoms with van der Waals surface area (Å²) in [7, 11) is 1.66. The highest BCUT2D eigenvalue weighted by molar-refractivity contribution is 6.31. The molecule has 0 saturated heterocycles. The Bertz CT molecular complexity index is 461. The van der Waals surface area contributed by atoms with Gasteiger partial charge in [-0.15, -0.1) is 0 Å². The first-order valence-electron chi connectivity index (χ1n) is 6.83. The average Bonchev–Trinajstić information content (AvgIpc) is 2.82. The van der Waals surface area contributed by atoms with Crippen LogP contribution in [0, 0.1) is 11.7 Å². The Hall–Kier alpha value is -1.13. The van der Waals surface area contributed by atoms with Gasteiger partial charge in [-0.05, 0) is 25.0 Å². The molecule has 1 amide bonds. The van der Waals surface area contributed by atoms with Crippen LogP contribution >= 0.6 is 11.6 Å². The Morgan fingerprint density at radius 1 is 1.50 bits per heavy atom. The number of halogens is 2. The van der Waals surface area contributed by atoms with E-state index in [9.17, 15) is 9.18 Å². The number of carbonyl (C=O) groups excluding carboxylic acids is 1. The SMILES string of the molecule is COC[C@H]1CCC[C@H]1NC(=O)Cc1c(F)cccc1Cl. The number of ether oxygens (including phenoxy) is 1. The van der Waals surface area contributed by atoms with E-state index in [0.29, 0.717) is 17.5 Å². The summed E-state index contributed by atoms with van der Waals surface area (Å²) in [5.74, 6) is -0.280. The number of nitrogens with one attached hydrogen (secondary N) is 1. The predicted molar refractivity (Wildman–Crippen MR) is 76.3 cm³/mol. The second-order valence-corrected chi connectivity index (χ2v) is 5.60. The minimum absolute atomic E-state index is 0.0261. The lowest BCUT2D eigenvalue weighted by atomic mass is 10.0. The molecule has 1 aromatic rings. The van der Waals surface area contributed by atoms with Crippen LogP contribution in [0.2, 0.25) is 5.02 Å². The van der Waals surface area contributed by atoms with Gasteiger partial charge >= 0.3 is 0 Å². The van der Waals surface area contributed by atoms with Gasteiger partial charge in [-0.25, -0.2) is 4.39 Å². The highest BCUT2D eigenvalue weighted by Crippen LogP contribution is 2.26. The van der Waals surface area contributed by atoms with Gasteiger partial charge in [-0.2, -0.15) is 0 Å². The highest BCUT2D eigenvalue weighted by atomic mass is 35.5. The smallest absolute Gasteiger partial charge is 0.224 e. The minimum Gasteiger partial charge on any atom is -0.384 e. The summed E-state index contributed by atoms with van der Waals surface area (Å²) in [6, 6.07) is 4.56. The molecule has 0 spiro atoms. The zero-order valence-electron chi connectivity index (χ0n) is 11.5. The van der Waals surface area contributed by atoms with Crippen molar-refractivity contribution in [1.82, 2.24) is 5.32 Å². The molecule has 0 aromatic heterocycles. The van der Waals surface area contributed by atoms with Crippen LogP contribution < -0.4 is 5.32 Å². The van der Waals surface area contributed by atoms with Crippen molar-refractivity contribution in [2.75, 3.05) is 13.7 Å². The molecule has 5 heteroatoms. The number of hydrogen-bond acceptors (Lipinski definition) is 2.